The lowest BCUT2D eigenvalue weighted by atomic mass is 9.99. The molecular formula is C28H37N3O6S. The number of rotatable bonds is 9. The molecule has 38 heavy (non-hydrogen) atoms. The summed E-state index contributed by atoms with van der Waals surface area (Å²) in [6.07, 6.45) is 1.46. The van der Waals surface area contributed by atoms with E-state index in [2.05, 4.69) is 12.3 Å². The van der Waals surface area contributed by atoms with Crippen molar-refractivity contribution in [3.05, 3.63) is 65.4 Å². The molecule has 1 heterocycles. The van der Waals surface area contributed by atoms with E-state index in [1.165, 1.54) is 13.2 Å². The minimum absolute atomic E-state index is 0.0335. The summed E-state index contributed by atoms with van der Waals surface area (Å²) in [5.74, 6) is -0.354. The number of carbonyl (C=O) groups is 2. The smallest absolute Gasteiger partial charge is 0.421 e. The first kappa shape index (κ1) is 29.2. The highest BCUT2D eigenvalue weighted by molar-refractivity contribution is 7.90. The Hall–Kier alpha value is -3.37. The van der Waals surface area contributed by atoms with Crippen molar-refractivity contribution in [3.63, 3.8) is 0 Å². The van der Waals surface area contributed by atoms with Gasteiger partial charge < -0.3 is 14.5 Å². The highest BCUT2D eigenvalue weighted by Crippen LogP contribution is 2.30. The number of carbonyl (C=O) groups excluding carboxylic acids is 2. The lowest BCUT2D eigenvalue weighted by Crippen LogP contribution is -2.37. The molecule has 9 nitrogen and oxygen atoms in total. The number of allylic oxidation sites excluding steroid dienone is 1. The molecule has 206 valence electrons. The van der Waals surface area contributed by atoms with E-state index >= 15 is 0 Å². The second kappa shape index (κ2) is 12.0. The number of benzene rings is 2. The topological polar surface area (TPSA) is 114 Å². The molecule has 1 aliphatic rings. The molecule has 0 bridgehead atoms. The van der Waals surface area contributed by atoms with E-state index < -0.39 is 21.7 Å². The molecule has 0 spiro atoms. The van der Waals surface area contributed by atoms with E-state index in [9.17, 15) is 18.0 Å². The number of esters is 1. The molecule has 0 fully saturated rings. The zero-order chi connectivity index (χ0) is 28.1. The summed E-state index contributed by atoms with van der Waals surface area (Å²) in [7, 11) is -2.80. The molecular weight excluding hydrogens is 506 g/mol. The first-order valence-electron chi connectivity index (χ1n) is 12.7. The molecule has 0 aromatic heterocycles. The van der Waals surface area contributed by atoms with Gasteiger partial charge in [-0.1, -0.05) is 55.8 Å². The average molecular weight is 544 g/mol. The number of nitrogens with zero attached hydrogens (tertiary/aromatic N) is 1. The number of methoxy groups -OCH3 is 1. The maximum atomic E-state index is 13.0. The van der Waals surface area contributed by atoms with E-state index in [4.69, 9.17) is 9.47 Å². The van der Waals surface area contributed by atoms with Crippen molar-refractivity contribution in [1.29, 1.82) is 0 Å². The van der Waals surface area contributed by atoms with Crippen LogP contribution >= 0.6 is 0 Å². The van der Waals surface area contributed by atoms with Crippen LogP contribution < -0.4 is 10.1 Å². The van der Waals surface area contributed by atoms with Crippen LogP contribution in [-0.4, -0.2) is 50.8 Å². The Balaban J connectivity index is 1.89. The van der Waals surface area contributed by atoms with Gasteiger partial charge in [-0.2, -0.15) is 0 Å². The fourth-order valence-electron chi connectivity index (χ4n) is 4.28. The fourth-order valence-corrected chi connectivity index (χ4v) is 5.39. The third-order valence-electron chi connectivity index (χ3n) is 5.99. The van der Waals surface area contributed by atoms with E-state index in [0.717, 1.165) is 30.6 Å². The van der Waals surface area contributed by atoms with Crippen molar-refractivity contribution in [1.82, 2.24) is 15.2 Å². The third kappa shape index (κ3) is 7.14. The summed E-state index contributed by atoms with van der Waals surface area (Å²) in [4.78, 5) is 24.6. The average Bonchev–Trinajstić information content (AvgIpc) is 3.15. The van der Waals surface area contributed by atoms with Gasteiger partial charge in [0, 0.05) is 24.2 Å². The molecule has 1 amide bonds. The van der Waals surface area contributed by atoms with Gasteiger partial charge in [0.05, 0.1) is 23.6 Å². The number of hydrogen-bond acceptors (Lipinski definition) is 8. The molecule has 1 aliphatic heterocycles. The number of hydrogen-bond donors (Lipinski definition) is 2. The van der Waals surface area contributed by atoms with Crippen LogP contribution in [0.2, 0.25) is 0 Å². The monoisotopic (exact) mass is 543 g/mol. The second-order valence-electron chi connectivity index (χ2n) is 10.2. The number of hydrazine groups is 1. The molecule has 0 saturated carbocycles. The van der Waals surface area contributed by atoms with E-state index in [1.54, 1.807) is 39.0 Å². The maximum Gasteiger partial charge on any atom is 0.421 e. The van der Waals surface area contributed by atoms with Gasteiger partial charge in [0.15, 0.2) is 0 Å². The lowest BCUT2D eigenvalue weighted by Gasteiger charge is -2.23. The molecule has 0 aliphatic carbocycles. The maximum absolute atomic E-state index is 13.0. The SMILES string of the molecule is CCCCN1NC(C)C(C(=O)OC)=C1Cc1ccc(-c2ccccc2S(=O)(=O)NC(=O)OC(C)(C)C)cc1. The Morgan fingerprint density at radius 1 is 1.08 bits per heavy atom. The predicted octanol–water partition coefficient (Wildman–Crippen LogP) is 4.55. The molecule has 1 unspecified atom stereocenters. The van der Waals surface area contributed by atoms with Crippen LogP contribution in [-0.2, 0) is 30.7 Å². The highest BCUT2D eigenvalue weighted by Gasteiger charge is 2.33. The highest BCUT2D eigenvalue weighted by atomic mass is 32.2. The molecule has 2 N–H and O–H groups in total. The van der Waals surface area contributed by atoms with E-state index in [1.807, 2.05) is 40.9 Å². The third-order valence-corrected chi connectivity index (χ3v) is 7.36. The van der Waals surface area contributed by atoms with Crippen LogP contribution in [0, 0.1) is 0 Å². The minimum Gasteiger partial charge on any atom is -0.466 e. The Kier molecular flexibility index (Phi) is 9.22. The van der Waals surface area contributed by atoms with Crippen molar-refractivity contribution in [2.45, 2.75) is 70.4 Å². The van der Waals surface area contributed by atoms with Gasteiger partial charge in [-0.3, -0.25) is 0 Å². The molecule has 0 saturated heterocycles. The lowest BCUT2D eigenvalue weighted by molar-refractivity contribution is -0.136. The first-order valence-corrected chi connectivity index (χ1v) is 14.1. The zero-order valence-electron chi connectivity index (χ0n) is 22.8. The van der Waals surface area contributed by atoms with E-state index in [0.29, 0.717) is 23.1 Å². The Morgan fingerprint density at radius 3 is 2.34 bits per heavy atom. The summed E-state index contributed by atoms with van der Waals surface area (Å²) in [5, 5.41) is 2.03. The standard InChI is InChI=1S/C28H37N3O6S/c1-7-8-17-31-23(25(19(2)29-31)26(32)36-6)18-20-13-15-21(16-14-20)22-11-9-10-12-24(22)38(34,35)30-27(33)37-28(3,4)5/h9-16,19,29H,7-8,17-18H2,1-6H3,(H,30,33). The van der Waals surface area contributed by atoms with Crippen molar-refractivity contribution in [2.75, 3.05) is 13.7 Å². The summed E-state index contributed by atoms with van der Waals surface area (Å²) < 4.78 is 38.2. The molecule has 2 aromatic carbocycles. The van der Waals surface area contributed by atoms with E-state index in [-0.39, 0.29) is 16.9 Å². The summed E-state index contributed by atoms with van der Waals surface area (Å²) in [5.41, 5.74) is 6.08. The molecule has 2 aromatic rings. The number of sulfonamides is 1. The molecule has 0 radical (unpaired) electrons. The Bertz CT molecular complexity index is 1300. The van der Waals surface area contributed by atoms with Crippen LogP contribution in [0.1, 0.15) is 53.0 Å². The van der Waals surface area contributed by atoms with Crippen molar-refractivity contribution in [3.8, 4) is 11.1 Å². The number of ether oxygens (including phenoxy) is 2. The van der Waals surface area contributed by atoms with Gasteiger partial charge in [0.2, 0.25) is 0 Å². The van der Waals surface area contributed by atoms with Crippen LogP contribution in [0.5, 0.6) is 0 Å². The summed E-state index contributed by atoms with van der Waals surface area (Å²) in [6, 6.07) is 13.8. The molecule has 3 rings (SSSR count). The minimum atomic E-state index is -4.18. The van der Waals surface area contributed by atoms with Crippen LogP contribution in [0.15, 0.2) is 64.7 Å². The van der Waals surface area contributed by atoms with Gasteiger partial charge in [-0.15, -0.1) is 0 Å². The van der Waals surface area contributed by atoms with Crippen molar-refractivity contribution >= 4 is 22.1 Å². The molecule has 10 heteroatoms. The first-order chi connectivity index (χ1) is 17.9. The Labute approximate surface area is 225 Å². The van der Waals surface area contributed by atoms with Crippen molar-refractivity contribution in [2.24, 2.45) is 0 Å². The summed E-state index contributed by atoms with van der Waals surface area (Å²) >= 11 is 0. The van der Waals surface area contributed by atoms with Crippen LogP contribution in [0.4, 0.5) is 4.79 Å². The van der Waals surface area contributed by atoms with Crippen molar-refractivity contribution < 1.29 is 27.5 Å². The number of amides is 1. The van der Waals surface area contributed by atoms with Crippen LogP contribution in [0.3, 0.4) is 0 Å². The van der Waals surface area contributed by atoms with Crippen LogP contribution in [0.25, 0.3) is 11.1 Å². The fraction of sp³-hybridized carbons (Fsp3) is 0.429. The van der Waals surface area contributed by atoms with Gasteiger partial charge in [-0.25, -0.2) is 28.2 Å². The number of nitrogens with one attached hydrogen (secondary N) is 2. The molecule has 1 atom stereocenters. The van der Waals surface area contributed by atoms with Gasteiger partial charge in [0.1, 0.15) is 5.60 Å². The normalized spacial score (nSPS) is 15.9. The zero-order valence-corrected chi connectivity index (χ0v) is 23.6. The number of unbranched alkanes of at least 4 members (excludes halogenated alkanes) is 1. The summed E-state index contributed by atoms with van der Waals surface area (Å²) in [6.45, 7) is 9.79. The van der Waals surface area contributed by atoms with Gasteiger partial charge in [-0.05, 0) is 51.3 Å². The Morgan fingerprint density at radius 2 is 1.74 bits per heavy atom. The van der Waals surface area contributed by atoms with Gasteiger partial charge in [0.25, 0.3) is 10.0 Å². The predicted molar refractivity (Wildman–Crippen MR) is 145 cm³/mol. The second-order valence-corrected chi connectivity index (χ2v) is 11.8. The quantitative estimate of drug-likeness (QED) is 0.443. The largest absolute Gasteiger partial charge is 0.466 e. The van der Waals surface area contributed by atoms with Gasteiger partial charge >= 0.3 is 12.1 Å².